The molecule has 0 spiro atoms. The Morgan fingerprint density at radius 1 is 0.808 bits per heavy atom. The van der Waals surface area contributed by atoms with Gasteiger partial charge in [0.2, 0.25) is 5.91 Å². The highest BCUT2D eigenvalue weighted by Gasteiger charge is 2.45. The third kappa shape index (κ3) is 2.39. The van der Waals surface area contributed by atoms with Crippen LogP contribution in [0.25, 0.3) is 0 Å². The highest BCUT2D eigenvalue weighted by molar-refractivity contribution is 6.04. The summed E-state index contributed by atoms with van der Waals surface area (Å²) < 4.78 is 6.54. The van der Waals surface area contributed by atoms with Gasteiger partial charge in [0, 0.05) is 12.5 Å². The molecule has 1 amide bonds. The van der Waals surface area contributed by atoms with Crippen LogP contribution in [-0.4, -0.2) is 11.9 Å². The molecule has 0 bridgehead atoms. The second-order valence-electron chi connectivity index (χ2n) is 6.91. The first-order valence-corrected chi connectivity index (χ1v) is 9.02. The predicted octanol–water partition coefficient (Wildman–Crippen LogP) is 4.52. The van der Waals surface area contributed by atoms with Crippen molar-refractivity contribution in [2.75, 3.05) is 4.90 Å². The minimum atomic E-state index is -0.209. The summed E-state index contributed by atoms with van der Waals surface area (Å²) in [5.74, 6) is 0.983. The fourth-order valence-corrected chi connectivity index (χ4v) is 4.02. The van der Waals surface area contributed by atoms with E-state index in [1.807, 2.05) is 53.4 Å². The molecule has 2 aliphatic heterocycles. The van der Waals surface area contributed by atoms with Gasteiger partial charge in [0.25, 0.3) is 0 Å². The van der Waals surface area contributed by atoms with Crippen LogP contribution >= 0.6 is 0 Å². The van der Waals surface area contributed by atoms with E-state index < -0.39 is 0 Å². The molecule has 128 valence electrons. The fraction of sp³-hybridized carbons (Fsp3) is 0.174. The van der Waals surface area contributed by atoms with Crippen LogP contribution in [-0.2, 0) is 11.2 Å². The first-order valence-electron chi connectivity index (χ1n) is 9.02. The quantitative estimate of drug-likeness (QED) is 0.653. The Bertz CT molecular complexity index is 913. The largest absolute Gasteiger partial charge is 0.479 e. The average Bonchev–Trinajstić information content (AvgIpc) is 3.00. The van der Waals surface area contributed by atoms with E-state index in [1.54, 1.807) is 0 Å². The Hall–Kier alpha value is -3.07. The van der Waals surface area contributed by atoms with Crippen molar-refractivity contribution in [3.05, 3.63) is 95.6 Å². The fourth-order valence-electron chi connectivity index (χ4n) is 4.02. The average molecular weight is 341 g/mol. The monoisotopic (exact) mass is 341 g/mol. The van der Waals surface area contributed by atoms with Gasteiger partial charge in [-0.25, -0.2) is 0 Å². The number of hydrogen-bond donors (Lipinski definition) is 0. The minimum absolute atomic E-state index is 0.195. The third-order valence-corrected chi connectivity index (χ3v) is 5.27. The zero-order valence-corrected chi connectivity index (χ0v) is 14.3. The van der Waals surface area contributed by atoms with Gasteiger partial charge in [-0.3, -0.25) is 4.79 Å². The number of amides is 1. The van der Waals surface area contributed by atoms with E-state index >= 15 is 0 Å². The van der Waals surface area contributed by atoms with Crippen molar-refractivity contribution in [1.29, 1.82) is 0 Å². The van der Waals surface area contributed by atoms with Gasteiger partial charge in [-0.1, -0.05) is 72.8 Å². The first-order chi connectivity index (χ1) is 12.8. The highest BCUT2D eigenvalue weighted by Crippen LogP contribution is 2.47. The number of fused-ring (bicyclic) bond motifs is 3. The lowest BCUT2D eigenvalue weighted by Gasteiger charge is -2.35. The molecule has 0 radical (unpaired) electrons. The second kappa shape index (κ2) is 6.03. The van der Waals surface area contributed by atoms with Crippen molar-refractivity contribution in [2.45, 2.75) is 25.0 Å². The van der Waals surface area contributed by atoms with Crippen molar-refractivity contribution < 1.29 is 9.53 Å². The number of ether oxygens (including phenoxy) is 1. The Morgan fingerprint density at radius 3 is 2.08 bits per heavy atom. The van der Waals surface area contributed by atoms with Crippen LogP contribution in [0, 0.1) is 0 Å². The van der Waals surface area contributed by atoms with Crippen LogP contribution in [0.5, 0.6) is 5.75 Å². The molecule has 2 aliphatic rings. The van der Waals surface area contributed by atoms with E-state index in [-0.39, 0.29) is 12.0 Å². The molecule has 1 saturated heterocycles. The standard InChI is InChI=1S/C23H19NO2/c25-21-15-19-14-18-12-7-13-20(22(18)24(19)21)26-23(16-8-3-1-4-9-16)17-10-5-2-6-11-17/h1-13,19,23H,14-15H2. The van der Waals surface area contributed by atoms with Gasteiger partial charge in [0.05, 0.1) is 5.69 Å². The van der Waals surface area contributed by atoms with Crippen molar-refractivity contribution in [2.24, 2.45) is 0 Å². The molecule has 0 saturated carbocycles. The first kappa shape index (κ1) is 15.2. The SMILES string of the molecule is O=C1CC2Cc3cccc(OC(c4ccccc4)c4ccccc4)c3N12. The third-order valence-electron chi connectivity index (χ3n) is 5.27. The van der Waals surface area contributed by atoms with Crippen molar-refractivity contribution in [3.8, 4) is 5.75 Å². The van der Waals surface area contributed by atoms with Crippen LogP contribution in [0.4, 0.5) is 5.69 Å². The summed E-state index contributed by atoms with van der Waals surface area (Å²) in [5.41, 5.74) is 4.37. The zero-order chi connectivity index (χ0) is 17.5. The van der Waals surface area contributed by atoms with Crippen LogP contribution in [0.3, 0.4) is 0 Å². The van der Waals surface area contributed by atoms with Crippen molar-refractivity contribution in [1.82, 2.24) is 0 Å². The molecule has 5 rings (SSSR count). The second-order valence-corrected chi connectivity index (χ2v) is 6.91. The molecule has 3 aromatic rings. The van der Waals surface area contributed by atoms with Crippen LogP contribution in [0.2, 0.25) is 0 Å². The van der Waals surface area contributed by atoms with E-state index in [0.717, 1.165) is 29.0 Å². The maximum absolute atomic E-state index is 12.1. The van der Waals surface area contributed by atoms with Gasteiger partial charge in [-0.05, 0) is 29.2 Å². The number of β-lactam (4-membered cyclic amide) rings is 1. The molecule has 1 fully saturated rings. The summed E-state index contributed by atoms with van der Waals surface area (Å²) in [5, 5.41) is 0. The van der Waals surface area contributed by atoms with Gasteiger partial charge < -0.3 is 9.64 Å². The molecule has 3 nitrogen and oxygen atoms in total. The Morgan fingerprint density at radius 2 is 1.46 bits per heavy atom. The number of carbonyl (C=O) groups is 1. The van der Waals surface area contributed by atoms with Crippen molar-refractivity contribution in [3.63, 3.8) is 0 Å². The van der Waals surface area contributed by atoms with Gasteiger partial charge in [0.15, 0.2) is 0 Å². The molecule has 1 atom stereocenters. The Kier molecular flexibility index (Phi) is 3.52. The smallest absolute Gasteiger partial charge is 0.229 e. The summed E-state index contributed by atoms with van der Waals surface area (Å²) >= 11 is 0. The number of para-hydroxylation sites is 1. The van der Waals surface area contributed by atoms with Crippen LogP contribution < -0.4 is 9.64 Å². The van der Waals surface area contributed by atoms with E-state index in [0.29, 0.717) is 12.5 Å². The summed E-state index contributed by atoms with van der Waals surface area (Å²) in [6, 6.07) is 26.9. The maximum Gasteiger partial charge on any atom is 0.229 e. The van der Waals surface area contributed by atoms with Gasteiger partial charge in [-0.2, -0.15) is 0 Å². The summed E-state index contributed by atoms with van der Waals surface area (Å²) in [4.78, 5) is 14.0. The number of anilines is 1. The van der Waals surface area contributed by atoms with Crippen LogP contribution in [0.15, 0.2) is 78.9 Å². The number of rotatable bonds is 4. The topological polar surface area (TPSA) is 29.5 Å². The number of nitrogens with zero attached hydrogens (tertiary/aromatic N) is 1. The molecule has 26 heavy (non-hydrogen) atoms. The molecule has 3 aromatic carbocycles. The molecular weight excluding hydrogens is 322 g/mol. The number of benzene rings is 3. The summed E-state index contributed by atoms with van der Waals surface area (Å²) in [7, 11) is 0. The van der Waals surface area contributed by atoms with Crippen LogP contribution in [0.1, 0.15) is 29.2 Å². The predicted molar refractivity (Wildman–Crippen MR) is 101 cm³/mol. The Balaban J connectivity index is 1.57. The molecular formula is C23H19NO2. The number of hydrogen-bond acceptors (Lipinski definition) is 2. The normalized spacial score (nSPS) is 17.7. The van der Waals surface area contributed by atoms with Gasteiger partial charge in [0.1, 0.15) is 11.9 Å². The van der Waals surface area contributed by atoms with E-state index in [2.05, 4.69) is 30.3 Å². The zero-order valence-electron chi connectivity index (χ0n) is 14.3. The Labute approximate surface area is 152 Å². The van der Waals surface area contributed by atoms with Gasteiger partial charge in [-0.15, -0.1) is 0 Å². The summed E-state index contributed by atoms with van der Waals surface area (Å²) in [6.07, 6.45) is 1.37. The van der Waals surface area contributed by atoms with E-state index in [4.69, 9.17) is 4.74 Å². The highest BCUT2D eigenvalue weighted by atomic mass is 16.5. The number of carbonyl (C=O) groups excluding carboxylic acids is 1. The molecule has 2 heterocycles. The molecule has 3 heteroatoms. The van der Waals surface area contributed by atoms with Gasteiger partial charge >= 0.3 is 0 Å². The molecule has 0 aliphatic carbocycles. The lowest BCUT2D eigenvalue weighted by atomic mass is 10.0. The van der Waals surface area contributed by atoms with E-state index in [9.17, 15) is 4.79 Å². The van der Waals surface area contributed by atoms with E-state index in [1.165, 1.54) is 5.56 Å². The maximum atomic E-state index is 12.1. The lowest BCUT2D eigenvalue weighted by Crippen LogP contribution is -2.50. The molecule has 0 aromatic heterocycles. The summed E-state index contributed by atoms with van der Waals surface area (Å²) in [6.45, 7) is 0. The molecule has 0 N–H and O–H groups in total. The lowest BCUT2D eigenvalue weighted by molar-refractivity contribution is -0.123. The minimum Gasteiger partial charge on any atom is -0.479 e. The van der Waals surface area contributed by atoms with Crippen molar-refractivity contribution >= 4 is 11.6 Å². The molecule has 1 unspecified atom stereocenters.